The Balaban J connectivity index is 1.43. The number of rotatable bonds is 6. The van der Waals surface area contributed by atoms with Crippen LogP contribution in [0.3, 0.4) is 0 Å². The molecule has 0 radical (unpaired) electrons. The molecule has 2 atom stereocenters. The minimum Gasteiger partial charge on any atom is -0.493 e. The summed E-state index contributed by atoms with van der Waals surface area (Å²) < 4.78 is 7.82. The van der Waals surface area contributed by atoms with Gasteiger partial charge in [-0.2, -0.15) is 0 Å². The lowest BCUT2D eigenvalue weighted by Crippen LogP contribution is -2.36. The molecule has 1 fully saturated rings. The van der Waals surface area contributed by atoms with Crippen LogP contribution in [0.5, 0.6) is 5.75 Å². The summed E-state index contributed by atoms with van der Waals surface area (Å²) >= 11 is 1.48. The van der Waals surface area contributed by atoms with Gasteiger partial charge in [-0.05, 0) is 32.8 Å². The van der Waals surface area contributed by atoms with Gasteiger partial charge in [0.15, 0.2) is 5.16 Å². The molecular weight excluding hydrogens is 348 g/mol. The minimum atomic E-state index is -0.230. The Bertz CT molecular complexity index is 803. The fourth-order valence-corrected chi connectivity index (χ4v) is 4.25. The summed E-state index contributed by atoms with van der Waals surface area (Å²) in [6.07, 6.45) is 3.18. The Labute approximate surface area is 157 Å². The maximum absolute atomic E-state index is 12.7. The van der Waals surface area contributed by atoms with Crippen molar-refractivity contribution in [3.05, 3.63) is 35.7 Å². The van der Waals surface area contributed by atoms with Crippen LogP contribution in [0.1, 0.15) is 56.5 Å². The van der Waals surface area contributed by atoms with Crippen molar-refractivity contribution in [2.45, 2.75) is 62.0 Å². The fraction of sp³-hybridized carbons (Fsp3) is 0.526. The molecule has 26 heavy (non-hydrogen) atoms. The number of carbonyl (C=O) groups excluding carboxylic acids is 1. The second kappa shape index (κ2) is 7.31. The molecule has 138 valence electrons. The van der Waals surface area contributed by atoms with Crippen molar-refractivity contribution in [1.82, 2.24) is 20.1 Å². The van der Waals surface area contributed by atoms with Gasteiger partial charge in [-0.15, -0.1) is 10.2 Å². The maximum Gasteiger partial charge on any atom is 0.233 e. The second-order valence-corrected chi connectivity index (χ2v) is 8.16. The van der Waals surface area contributed by atoms with Gasteiger partial charge in [-0.3, -0.25) is 4.79 Å². The number of carbonyl (C=O) groups is 1. The highest BCUT2D eigenvalue weighted by atomic mass is 32.2. The largest absolute Gasteiger partial charge is 0.493 e. The molecule has 1 saturated carbocycles. The first-order valence-corrected chi connectivity index (χ1v) is 10.2. The van der Waals surface area contributed by atoms with Gasteiger partial charge in [0, 0.05) is 24.4 Å². The molecule has 1 aliphatic heterocycles. The van der Waals surface area contributed by atoms with E-state index in [9.17, 15) is 4.79 Å². The number of hydrogen-bond donors (Lipinski definition) is 1. The molecule has 2 heterocycles. The predicted octanol–water partition coefficient (Wildman–Crippen LogP) is 3.30. The molecule has 1 aromatic carbocycles. The lowest BCUT2D eigenvalue weighted by molar-refractivity contribution is -0.121. The molecular formula is C19H24N4O2S. The van der Waals surface area contributed by atoms with Gasteiger partial charge in [0.05, 0.1) is 17.9 Å². The Morgan fingerprint density at radius 3 is 2.92 bits per heavy atom. The van der Waals surface area contributed by atoms with Crippen LogP contribution in [0.25, 0.3) is 0 Å². The summed E-state index contributed by atoms with van der Waals surface area (Å²) in [5, 5.41) is 12.5. The molecule has 6 nitrogen and oxygen atoms in total. The van der Waals surface area contributed by atoms with Gasteiger partial charge in [0.25, 0.3) is 0 Å². The molecule has 0 saturated heterocycles. The monoisotopic (exact) mass is 372 g/mol. The molecule has 7 heteroatoms. The van der Waals surface area contributed by atoms with Gasteiger partial charge < -0.3 is 14.6 Å². The third kappa shape index (κ3) is 3.45. The zero-order chi connectivity index (χ0) is 18.1. The average molecular weight is 372 g/mol. The predicted molar refractivity (Wildman–Crippen MR) is 100 cm³/mol. The van der Waals surface area contributed by atoms with E-state index in [-0.39, 0.29) is 17.2 Å². The van der Waals surface area contributed by atoms with E-state index in [0.717, 1.165) is 35.3 Å². The number of hydrogen-bond acceptors (Lipinski definition) is 5. The van der Waals surface area contributed by atoms with Crippen molar-refractivity contribution in [1.29, 1.82) is 0 Å². The van der Waals surface area contributed by atoms with E-state index in [1.54, 1.807) is 0 Å². The van der Waals surface area contributed by atoms with E-state index in [1.807, 2.05) is 31.2 Å². The molecule has 1 amide bonds. The SMILES string of the molecule is CCn1c(SC(C)C(=O)NC2CCOc3ccccc32)nnc1C1CC1. The zero-order valence-electron chi connectivity index (χ0n) is 15.1. The summed E-state index contributed by atoms with van der Waals surface area (Å²) in [4.78, 5) is 12.7. The number of ether oxygens (including phenoxy) is 1. The lowest BCUT2D eigenvalue weighted by Gasteiger charge is -2.27. The Kier molecular flexibility index (Phi) is 4.89. The van der Waals surface area contributed by atoms with Crippen molar-refractivity contribution in [3.8, 4) is 5.75 Å². The van der Waals surface area contributed by atoms with Crippen LogP contribution in [0, 0.1) is 0 Å². The van der Waals surface area contributed by atoms with Crippen molar-refractivity contribution in [3.63, 3.8) is 0 Å². The standard InChI is InChI=1S/C19H24N4O2S/c1-3-23-17(13-8-9-13)21-22-19(23)26-12(2)18(24)20-15-10-11-25-16-7-5-4-6-14(15)16/h4-7,12-13,15H,3,8-11H2,1-2H3,(H,20,24). The molecule has 2 unspecified atom stereocenters. The highest BCUT2D eigenvalue weighted by Gasteiger charge is 2.31. The highest BCUT2D eigenvalue weighted by Crippen LogP contribution is 2.40. The highest BCUT2D eigenvalue weighted by molar-refractivity contribution is 8.00. The summed E-state index contributed by atoms with van der Waals surface area (Å²) in [7, 11) is 0. The Hall–Kier alpha value is -2.02. The number of fused-ring (bicyclic) bond motifs is 1. The van der Waals surface area contributed by atoms with Crippen LogP contribution in [-0.4, -0.2) is 32.5 Å². The number of nitrogens with zero attached hydrogens (tertiary/aromatic N) is 3. The Morgan fingerprint density at radius 2 is 2.15 bits per heavy atom. The van der Waals surface area contributed by atoms with Crippen LogP contribution in [0.2, 0.25) is 0 Å². The van der Waals surface area contributed by atoms with Crippen molar-refractivity contribution < 1.29 is 9.53 Å². The van der Waals surface area contributed by atoms with E-state index in [4.69, 9.17) is 4.74 Å². The maximum atomic E-state index is 12.7. The molecule has 2 aromatic rings. The molecule has 1 N–H and O–H groups in total. The van der Waals surface area contributed by atoms with Crippen molar-refractivity contribution in [2.75, 3.05) is 6.61 Å². The Morgan fingerprint density at radius 1 is 1.35 bits per heavy atom. The first-order valence-electron chi connectivity index (χ1n) is 9.29. The zero-order valence-corrected chi connectivity index (χ0v) is 16.0. The van der Waals surface area contributed by atoms with E-state index in [1.165, 1.54) is 24.6 Å². The van der Waals surface area contributed by atoms with E-state index >= 15 is 0 Å². The first kappa shape index (κ1) is 17.4. The third-order valence-corrected chi connectivity index (χ3v) is 6.01. The quantitative estimate of drug-likeness (QED) is 0.788. The number of nitrogens with one attached hydrogen (secondary N) is 1. The van der Waals surface area contributed by atoms with Gasteiger partial charge in [-0.1, -0.05) is 30.0 Å². The van der Waals surface area contributed by atoms with Crippen molar-refractivity contribution in [2.24, 2.45) is 0 Å². The summed E-state index contributed by atoms with van der Waals surface area (Å²) in [5.74, 6) is 2.51. The van der Waals surface area contributed by atoms with Gasteiger partial charge in [-0.25, -0.2) is 0 Å². The van der Waals surface area contributed by atoms with Gasteiger partial charge >= 0.3 is 0 Å². The van der Waals surface area contributed by atoms with Crippen LogP contribution in [0.4, 0.5) is 0 Å². The molecule has 0 bridgehead atoms. The average Bonchev–Trinajstić information content (AvgIpc) is 3.43. The van der Waals surface area contributed by atoms with Crippen LogP contribution in [0.15, 0.2) is 29.4 Å². The number of aromatic nitrogens is 3. The van der Waals surface area contributed by atoms with Crippen LogP contribution < -0.4 is 10.1 Å². The summed E-state index contributed by atoms with van der Waals surface area (Å²) in [6, 6.07) is 7.91. The lowest BCUT2D eigenvalue weighted by atomic mass is 10.0. The fourth-order valence-electron chi connectivity index (χ4n) is 3.32. The molecule has 1 aromatic heterocycles. The normalized spacial score (nSPS) is 20.2. The first-order chi connectivity index (χ1) is 12.7. The van der Waals surface area contributed by atoms with Gasteiger partial charge in [0.1, 0.15) is 11.6 Å². The number of amides is 1. The summed E-state index contributed by atoms with van der Waals surface area (Å²) in [6.45, 7) is 5.49. The molecule has 0 spiro atoms. The van der Waals surface area contributed by atoms with E-state index in [0.29, 0.717) is 12.5 Å². The van der Waals surface area contributed by atoms with Crippen LogP contribution >= 0.6 is 11.8 Å². The van der Waals surface area contributed by atoms with Crippen LogP contribution in [-0.2, 0) is 11.3 Å². The van der Waals surface area contributed by atoms with Crippen molar-refractivity contribution >= 4 is 17.7 Å². The van der Waals surface area contributed by atoms with E-state index < -0.39 is 0 Å². The van der Waals surface area contributed by atoms with E-state index in [2.05, 4.69) is 27.0 Å². The smallest absolute Gasteiger partial charge is 0.233 e. The number of thioether (sulfide) groups is 1. The molecule has 2 aliphatic rings. The minimum absolute atomic E-state index is 0.00145. The number of para-hydroxylation sites is 1. The molecule has 1 aliphatic carbocycles. The summed E-state index contributed by atoms with van der Waals surface area (Å²) in [5.41, 5.74) is 1.05. The third-order valence-electron chi connectivity index (χ3n) is 4.93. The molecule has 4 rings (SSSR count). The number of benzene rings is 1. The second-order valence-electron chi connectivity index (χ2n) is 6.86. The topological polar surface area (TPSA) is 69.0 Å². The van der Waals surface area contributed by atoms with Gasteiger partial charge in [0.2, 0.25) is 5.91 Å².